The highest BCUT2D eigenvalue weighted by molar-refractivity contribution is 5.21. The minimum absolute atomic E-state index is 0.295. The molecule has 0 radical (unpaired) electrons. The van der Waals surface area contributed by atoms with Gasteiger partial charge in [0.25, 0.3) is 0 Å². The summed E-state index contributed by atoms with van der Waals surface area (Å²) in [5, 5.41) is 0. The highest BCUT2D eigenvalue weighted by atomic mass is 19.1. The van der Waals surface area contributed by atoms with Crippen LogP contribution < -0.4 is 5.73 Å². The van der Waals surface area contributed by atoms with Gasteiger partial charge in [-0.2, -0.15) is 0 Å². The second kappa shape index (κ2) is 4.27. The minimum atomic E-state index is -0.549. The fraction of sp³-hybridized carbons (Fsp3) is 0.500. The van der Waals surface area contributed by atoms with Crippen LogP contribution in [0.15, 0.2) is 18.2 Å². The van der Waals surface area contributed by atoms with E-state index >= 15 is 0 Å². The molecule has 0 amide bonds. The van der Waals surface area contributed by atoms with Crippen LogP contribution in [0.5, 0.6) is 0 Å². The Labute approximate surface area is 88.3 Å². The van der Waals surface area contributed by atoms with Gasteiger partial charge in [-0.25, -0.2) is 8.78 Å². The van der Waals surface area contributed by atoms with Gasteiger partial charge in [-0.3, -0.25) is 0 Å². The molecular formula is C12H15F2N. The summed E-state index contributed by atoms with van der Waals surface area (Å²) in [5.41, 5.74) is 6.33. The molecule has 0 aromatic heterocycles. The van der Waals surface area contributed by atoms with Crippen molar-refractivity contribution >= 4 is 0 Å². The van der Waals surface area contributed by atoms with Crippen LogP contribution in [0.2, 0.25) is 0 Å². The van der Waals surface area contributed by atoms with Crippen molar-refractivity contribution in [3.05, 3.63) is 35.4 Å². The van der Waals surface area contributed by atoms with Crippen molar-refractivity contribution in [2.24, 2.45) is 11.7 Å². The molecule has 0 aliphatic heterocycles. The molecule has 15 heavy (non-hydrogen) atoms. The fourth-order valence-electron chi connectivity index (χ4n) is 2.02. The molecule has 0 heterocycles. The lowest BCUT2D eigenvalue weighted by molar-refractivity contribution is 0.275. The maximum absolute atomic E-state index is 13.4. The predicted octanol–water partition coefficient (Wildman–Crippen LogP) is 3.15. The van der Waals surface area contributed by atoms with E-state index in [9.17, 15) is 8.78 Å². The number of benzene rings is 1. The average molecular weight is 211 g/mol. The van der Waals surface area contributed by atoms with Crippen molar-refractivity contribution in [1.29, 1.82) is 0 Å². The number of hydrogen-bond donors (Lipinski definition) is 1. The Bertz CT molecular complexity index is 347. The van der Waals surface area contributed by atoms with Crippen molar-refractivity contribution in [3.8, 4) is 0 Å². The van der Waals surface area contributed by atoms with Crippen LogP contribution in [0.4, 0.5) is 8.78 Å². The average Bonchev–Trinajstić information content (AvgIpc) is 2.11. The molecule has 0 bridgehead atoms. The van der Waals surface area contributed by atoms with E-state index in [1.54, 1.807) is 0 Å². The van der Waals surface area contributed by atoms with Gasteiger partial charge < -0.3 is 5.73 Å². The van der Waals surface area contributed by atoms with Crippen LogP contribution >= 0.6 is 0 Å². The zero-order valence-electron chi connectivity index (χ0n) is 8.55. The van der Waals surface area contributed by atoms with Gasteiger partial charge in [0.2, 0.25) is 0 Å². The largest absolute Gasteiger partial charge is 0.324 e. The minimum Gasteiger partial charge on any atom is -0.324 e. The first-order valence-corrected chi connectivity index (χ1v) is 5.37. The molecule has 1 aliphatic rings. The zero-order chi connectivity index (χ0) is 10.8. The third-order valence-electron chi connectivity index (χ3n) is 3.17. The summed E-state index contributed by atoms with van der Waals surface area (Å²) >= 11 is 0. The van der Waals surface area contributed by atoms with E-state index in [1.807, 2.05) is 0 Å². The zero-order valence-corrected chi connectivity index (χ0v) is 8.55. The molecule has 0 saturated heterocycles. The summed E-state index contributed by atoms with van der Waals surface area (Å²) in [4.78, 5) is 0. The summed E-state index contributed by atoms with van der Waals surface area (Å²) in [6.45, 7) is 0. The number of nitrogens with two attached hydrogens (primary N) is 1. The SMILES string of the molecule is NC(CC1CCC1)c1ccc(F)cc1F. The van der Waals surface area contributed by atoms with E-state index < -0.39 is 11.6 Å². The monoisotopic (exact) mass is 211 g/mol. The summed E-state index contributed by atoms with van der Waals surface area (Å²) in [5.74, 6) is -0.446. The van der Waals surface area contributed by atoms with E-state index in [2.05, 4.69) is 0 Å². The second-order valence-electron chi connectivity index (χ2n) is 4.30. The lowest BCUT2D eigenvalue weighted by Crippen LogP contribution is -2.20. The van der Waals surface area contributed by atoms with Crippen molar-refractivity contribution in [3.63, 3.8) is 0 Å². The van der Waals surface area contributed by atoms with Crippen LogP contribution in [0.1, 0.15) is 37.3 Å². The van der Waals surface area contributed by atoms with Crippen LogP contribution in [0, 0.1) is 17.6 Å². The van der Waals surface area contributed by atoms with Crippen LogP contribution in [0.3, 0.4) is 0 Å². The Morgan fingerprint density at radius 3 is 2.60 bits per heavy atom. The first-order valence-electron chi connectivity index (χ1n) is 5.37. The summed E-state index contributed by atoms with van der Waals surface area (Å²) < 4.78 is 26.0. The van der Waals surface area contributed by atoms with Gasteiger partial charge in [0, 0.05) is 17.7 Å². The molecule has 82 valence electrons. The third-order valence-corrected chi connectivity index (χ3v) is 3.17. The molecule has 1 unspecified atom stereocenters. The summed E-state index contributed by atoms with van der Waals surface area (Å²) in [6, 6.07) is 3.32. The molecule has 2 N–H and O–H groups in total. The normalized spacial score (nSPS) is 18.6. The molecule has 1 atom stereocenters. The lowest BCUT2D eigenvalue weighted by atomic mass is 9.80. The van der Waals surface area contributed by atoms with E-state index in [0.29, 0.717) is 11.5 Å². The van der Waals surface area contributed by atoms with E-state index in [4.69, 9.17) is 5.73 Å². The van der Waals surface area contributed by atoms with E-state index in [0.717, 1.165) is 12.5 Å². The van der Waals surface area contributed by atoms with Crippen LogP contribution in [0.25, 0.3) is 0 Å². The van der Waals surface area contributed by atoms with Crippen molar-refractivity contribution in [2.45, 2.75) is 31.7 Å². The van der Waals surface area contributed by atoms with Crippen molar-refractivity contribution < 1.29 is 8.78 Å². The predicted molar refractivity (Wildman–Crippen MR) is 55.2 cm³/mol. The quantitative estimate of drug-likeness (QED) is 0.816. The highest BCUT2D eigenvalue weighted by Gasteiger charge is 2.22. The topological polar surface area (TPSA) is 26.0 Å². The van der Waals surface area contributed by atoms with Gasteiger partial charge in [0.1, 0.15) is 11.6 Å². The van der Waals surface area contributed by atoms with Gasteiger partial charge >= 0.3 is 0 Å². The first-order chi connectivity index (χ1) is 7.16. The van der Waals surface area contributed by atoms with Gasteiger partial charge in [0.15, 0.2) is 0 Å². The molecule has 1 aliphatic carbocycles. The Morgan fingerprint density at radius 1 is 1.33 bits per heavy atom. The Kier molecular flexibility index (Phi) is 3.00. The van der Waals surface area contributed by atoms with Gasteiger partial charge in [-0.05, 0) is 18.4 Å². The molecule has 1 fully saturated rings. The second-order valence-corrected chi connectivity index (χ2v) is 4.30. The molecule has 1 nitrogen and oxygen atoms in total. The smallest absolute Gasteiger partial charge is 0.130 e. The van der Waals surface area contributed by atoms with E-state index in [1.165, 1.54) is 31.4 Å². The Morgan fingerprint density at radius 2 is 2.07 bits per heavy atom. The maximum atomic E-state index is 13.4. The molecule has 1 aromatic rings. The maximum Gasteiger partial charge on any atom is 0.130 e. The fourth-order valence-corrected chi connectivity index (χ4v) is 2.02. The first kappa shape index (κ1) is 10.6. The Hall–Kier alpha value is -0.960. The standard InChI is InChI=1S/C12H15F2N/c13-9-4-5-10(11(14)7-9)12(15)6-8-2-1-3-8/h4-5,7-8,12H,1-3,6,15H2. The van der Waals surface area contributed by atoms with Gasteiger partial charge in [0.05, 0.1) is 0 Å². The number of halogens is 2. The molecule has 3 heteroatoms. The number of hydrogen-bond acceptors (Lipinski definition) is 1. The molecular weight excluding hydrogens is 196 g/mol. The molecule has 1 aromatic carbocycles. The van der Waals surface area contributed by atoms with E-state index in [-0.39, 0.29) is 6.04 Å². The van der Waals surface area contributed by atoms with Crippen molar-refractivity contribution in [2.75, 3.05) is 0 Å². The summed E-state index contributed by atoms with van der Waals surface area (Å²) in [7, 11) is 0. The molecule has 1 saturated carbocycles. The molecule has 2 rings (SSSR count). The Balaban J connectivity index is 2.06. The van der Waals surface area contributed by atoms with Crippen molar-refractivity contribution in [1.82, 2.24) is 0 Å². The van der Waals surface area contributed by atoms with Gasteiger partial charge in [-0.1, -0.05) is 25.3 Å². The third kappa shape index (κ3) is 2.34. The van der Waals surface area contributed by atoms with Crippen LogP contribution in [-0.2, 0) is 0 Å². The van der Waals surface area contributed by atoms with Crippen LogP contribution in [-0.4, -0.2) is 0 Å². The summed E-state index contributed by atoms with van der Waals surface area (Å²) in [6.07, 6.45) is 4.44. The molecule has 0 spiro atoms. The highest BCUT2D eigenvalue weighted by Crippen LogP contribution is 2.34. The van der Waals surface area contributed by atoms with Gasteiger partial charge in [-0.15, -0.1) is 0 Å². The number of rotatable bonds is 3. The lowest BCUT2D eigenvalue weighted by Gasteiger charge is -2.28.